The van der Waals surface area contributed by atoms with Gasteiger partial charge in [0, 0.05) is 35.6 Å². The van der Waals surface area contributed by atoms with E-state index in [9.17, 15) is 24.4 Å². The fourth-order valence-corrected chi connectivity index (χ4v) is 5.91. The lowest BCUT2D eigenvalue weighted by atomic mass is 9.89. The highest BCUT2D eigenvalue weighted by molar-refractivity contribution is 7.07. The summed E-state index contributed by atoms with van der Waals surface area (Å²) in [5.74, 6) is -0.771. The van der Waals surface area contributed by atoms with Gasteiger partial charge in [-0.25, -0.2) is 0 Å². The van der Waals surface area contributed by atoms with Gasteiger partial charge >= 0.3 is 0 Å². The summed E-state index contributed by atoms with van der Waals surface area (Å²) in [7, 11) is 0. The summed E-state index contributed by atoms with van der Waals surface area (Å²) < 4.78 is 1.81. The van der Waals surface area contributed by atoms with Crippen molar-refractivity contribution in [3.05, 3.63) is 79.7 Å². The predicted molar refractivity (Wildman–Crippen MR) is 164 cm³/mol. The molecular weight excluding hydrogens is 566 g/mol. The lowest BCUT2D eigenvalue weighted by molar-refractivity contribution is -0.117. The quantitative estimate of drug-likeness (QED) is 0.235. The van der Waals surface area contributed by atoms with Crippen molar-refractivity contribution >= 4 is 52.1 Å². The van der Waals surface area contributed by atoms with Crippen LogP contribution >= 0.6 is 11.3 Å². The Balaban J connectivity index is 1.38. The summed E-state index contributed by atoms with van der Waals surface area (Å²) in [4.78, 5) is 52.8. The van der Waals surface area contributed by atoms with Crippen LogP contribution in [0.2, 0.25) is 0 Å². The van der Waals surface area contributed by atoms with Crippen molar-refractivity contribution in [1.29, 1.82) is 10.5 Å². The average molecular weight is 598 g/mol. The average Bonchev–Trinajstić information content (AvgIpc) is 3.34. The number of benzene rings is 2. The third kappa shape index (κ3) is 7.83. The van der Waals surface area contributed by atoms with Crippen LogP contribution in [0.1, 0.15) is 30.1 Å². The number of hydrogen-bond acceptors (Lipinski definition) is 9. The van der Waals surface area contributed by atoms with Crippen LogP contribution in [-0.4, -0.2) is 53.2 Å². The maximum Gasteiger partial charge on any atom is 0.270 e. The van der Waals surface area contributed by atoms with Crippen molar-refractivity contribution in [3.63, 3.8) is 0 Å². The molecule has 1 saturated heterocycles. The zero-order valence-electron chi connectivity index (χ0n) is 23.6. The number of ketones is 1. The normalized spacial score (nSPS) is 14.7. The lowest BCUT2D eigenvalue weighted by Gasteiger charge is -2.30. The zero-order valence-corrected chi connectivity index (χ0v) is 24.4. The Kier molecular flexibility index (Phi) is 10.6. The second-order valence-electron chi connectivity index (χ2n) is 9.85. The minimum atomic E-state index is -0.722. The van der Waals surface area contributed by atoms with E-state index in [1.54, 1.807) is 37.3 Å². The van der Waals surface area contributed by atoms with Gasteiger partial charge in [0.2, 0.25) is 5.91 Å². The van der Waals surface area contributed by atoms with E-state index in [-0.39, 0.29) is 57.6 Å². The molecule has 0 spiro atoms. The highest BCUT2D eigenvalue weighted by Gasteiger charge is 2.26. The minimum Gasteiger partial charge on any atom is -0.360 e. The monoisotopic (exact) mass is 597 g/mol. The van der Waals surface area contributed by atoms with E-state index in [1.165, 1.54) is 10.8 Å². The molecule has 1 aliphatic heterocycles. The molecule has 1 aromatic heterocycles. The van der Waals surface area contributed by atoms with E-state index in [0.717, 1.165) is 16.9 Å². The molecule has 0 bridgehead atoms. The van der Waals surface area contributed by atoms with Gasteiger partial charge in [-0.2, -0.15) is 10.5 Å². The standard InChI is InChI=1S/C31H31N7O4S/c1-2-38-30(42)26(43-31(38)25(18-33)29(41)34-14-13-32)19-35-23-9-6-10-24(17-23)36-27(39)20-37-15-11-22(12-16-37)28(40)21-7-4-3-5-8-21/h3-10,17,19,22,35H,2,11-12,14-16,20H2,1H3,(H,34,41)(H,36,39). The van der Waals surface area contributed by atoms with E-state index in [1.807, 2.05) is 41.3 Å². The number of nitrogens with one attached hydrogen (secondary N) is 3. The van der Waals surface area contributed by atoms with Gasteiger partial charge in [-0.1, -0.05) is 36.4 Å². The van der Waals surface area contributed by atoms with Gasteiger partial charge in [0.1, 0.15) is 21.8 Å². The number of carbonyl (C=O) groups is 3. The molecule has 0 unspecified atom stereocenters. The Morgan fingerprint density at radius 2 is 1.77 bits per heavy atom. The number of rotatable bonds is 10. The van der Waals surface area contributed by atoms with Crippen molar-refractivity contribution in [2.45, 2.75) is 26.3 Å². The Hall–Kier alpha value is -5.04. The Labute approximate surface area is 252 Å². The molecule has 2 amide bonds. The van der Waals surface area contributed by atoms with Gasteiger partial charge < -0.3 is 16.0 Å². The molecule has 3 N–H and O–H groups in total. The van der Waals surface area contributed by atoms with Gasteiger partial charge in [-0.15, -0.1) is 11.3 Å². The van der Waals surface area contributed by atoms with Crippen LogP contribution in [0.15, 0.2) is 59.4 Å². The van der Waals surface area contributed by atoms with Crippen molar-refractivity contribution in [1.82, 2.24) is 14.8 Å². The summed E-state index contributed by atoms with van der Waals surface area (Å²) in [5.41, 5.74) is 1.31. The van der Waals surface area contributed by atoms with Crippen LogP contribution < -0.4 is 30.7 Å². The van der Waals surface area contributed by atoms with Crippen LogP contribution in [0.25, 0.3) is 11.8 Å². The first-order chi connectivity index (χ1) is 20.8. The predicted octanol–water partition coefficient (Wildman–Crippen LogP) is 1.63. The van der Waals surface area contributed by atoms with E-state index >= 15 is 0 Å². The molecule has 0 aliphatic carbocycles. The molecule has 2 aromatic carbocycles. The van der Waals surface area contributed by atoms with Gasteiger partial charge in [0.25, 0.3) is 11.5 Å². The van der Waals surface area contributed by atoms with Crippen molar-refractivity contribution in [2.24, 2.45) is 5.92 Å². The van der Waals surface area contributed by atoms with Crippen molar-refractivity contribution in [2.75, 3.05) is 36.8 Å². The SMILES string of the molecule is CCn1c(=C(C#N)C(=O)NCC#N)sc(=CNc2cccc(NC(=O)CN3CCC(C(=O)c4ccccc4)CC3)c2)c1=O. The summed E-state index contributed by atoms with van der Waals surface area (Å²) >= 11 is 0.992. The number of nitrogens with zero attached hydrogens (tertiary/aromatic N) is 4. The summed E-state index contributed by atoms with van der Waals surface area (Å²) in [6.45, 7) is 3.26. The molecular formula is C31H31N7O4S. The molecule has 1 fully saturated rings. The van der Waals surface area contributed by atoms with Crippen LogP contribution in [-0.2, 0) is 16.1 Å². The molecule has 0 atom stereocenters. The summed E-state index contributed by atoms with van der Waals surface area (Å²) in [5, 5.41) is 26.5. The van der Waals surface area contributed by atoms with E-state index in [4.69, 9.17) is 5.26 Å². The van der Waals surface area contributed by atoms with Gasteiger partial charge in [-0.3, -0.25) is 28.6 Å². The third-order valence-corrected chi connectivity index (χ3v) is 8.14. The number of hydrogen-bond donors (Lipinski definition) is 3. The molecule has 1 aliphatic rings. The number of carbonyl (C=O) groups excluding carboxylic acids is 3. The number of anilines is 2. The van der Waals surface area contributed by atoms with Crippen LogP contribution in [0, 0.1) is 28.6 Å². The van der Waals surface area contributed by atoms with Gasteiger partial charge in [0.15, 0.2) is 11.4 Å². The van der Waals surface area contributed by atoms with Crippen molar-refractivity contribution in [3.8, 4) is 12.1 Å². The number of thiazole rings is 1. The summed E-state index contributed by atoms with van der Waals surface area (Å²) in [6, 6.07) is 19.9. The fraction of sp³-hybridized carbons (Fsp3) is 0.290. The summed E-state index contributed by atoms with van der Waals surface area (Å²) in [6.07, 6.45) is 2.91. The molecule has 0 saturated carbocycles. The third-order valence-electron chi connectivity index (χ3n) is 7.00. The van der Waals surface area contributed by atoms with Crippen LogP contribution in [0.4, 0.5) is 11.4 Å². The lowest BCUT2D eigenvalue weighted by Crippen LogP contribution is -2.40. The fourth-order valence-electron chi connectivity index (χ4n) is 4.83. The molecule has 220 valence electrons. The molecule has 43 heavy (non-hydrogen) atoms. The number of Topliss-reactive ketones (excluding diaryl/α,β-unsaturated/α-hetero) is 1. The van der Waals surface area contributed by atoms with Crippen LogP contribution in [0.5, 0.6) is 0 Å². The van der Waals surface area contributed by atoms with Crippen molar-refractivity contribution < 1.29 is 14.4 Å². The first kappa shape index (κ1) is 30.9. The topological polar surface area (TPSA) is 160 Å². The first-order valence-corrected chi connectivity index (χ1v) is 14.6. The Morgan fingerprint density at radius 1 is 1.05 bits per heavy atom. The van der Waals surface area contributed by atoms with E-state index < -0.39 is 5.91 Å². The van der Waals surface area contributed by atoms with Gasteiger partial charge in [-0.05, 0) is 51.1 Å². The number of nitriles is 2. The molecule has 0 radical (unpaired) electrons. The highest BCUT2D eigenvalue weighted by atomic mass is 32.1. The second-order valence-corrected chi connectivity index (χ2v) is 10.9. The second kappa shape index (κ2) is 14.7. The highest BCUT2D eigenvalue weighted by Crippen LogP contribution is 2.22. The van der Waals surface area contributed by atoms with Crippen LogP contribution in [0.3, 0.4) is 0 Å². The number of aromatic nitrogens is 1. The first-order valence-electron chi connectivity index (χ1n) is 13.8. The van der Waals surface area contributed by atoms with E-state index in [2.05, 4.69) is 16.0 Å². The molecule has 4 rings (SSSR count). The Morgan fingerprint density at radius 3 is 2.44 bits per heavy atom. The Bertz CT molecular complexity index is 1760. The minimum absolute atomic E-state index is 0.0355. The van der Waals surface area contributed by atoms with E-state index in [0.29, 0.717) is 37.3 Å². The largest absolute Gasteiger partial charge is 0.360 e. The van der Waals surface area contributed by atoms with Gasteiger partial charge in [0.05, 0.1) is 12.6 Å². The molecule has 2 heterocycles. The number of likely N-dealkylation sites (tertiary alicyclic amines) is 1. The maximum absolute atomic E-state index is 12.9. The zero-order chi connectivity index (χ0) is 30.8. The smallest absolute Gasteiger partial charge is 0.270 e. The molecule has 3 aromatic rings. The molecule has 11 nitrogen and oxygen atoms in total. The number of piperidine rings is 1. The number of amides is 2. The maximum atomic E-state index is 12.9. The molecule has 12 heteroatoms.